The van der Waals surface area contributed by atoms with E-state index in [1.165, 1.54) is 25.0 Å². The van der Waals surface area contributed by atoms with Crippen molar-refractivity contribution in [1.29, 1.82) is 5.26 Å². The van der Waals surface area contributed by atoms with Crippen LogP contribution >= 0.6 is 12.2 Å². The minimum atomic E-state index is -0.897. The largest absolute Gasteiger partial charge is 0.352 e. The van der Waals surface area contributed by atoms with Crippen molar-refractivity contribution < 1.29 is 14.0 Å². The van der Waals surface area contributed by atoms with Crippen LogP contribution in [0.25, 0.3) is 0 Å². The van der Waals surface area contributed by atoms with Gasteiger partial charge in [0.25, 0.3) is 5.91 Å². The maximum absolute atomic E-state index is 15.3. The molecule has 2 heterocycles. The molecule has 1 aromatic carbocycles. The lowest BCUT2D eigenvalue weighted by Crippen LogP contribution is -2.60. The van der Waals surface area contributed by atoms with Crippen LogP contribution in [0.2, 0.25) is 0 Å². The van der Waals surface area contributed by atoms with Crippen LogP contribution in [0.3, 0.4) is 0 Å². The molecule has 38 heavy (non-hydrogen) atoms. The van der Waals surface area contributed by atoms with Gasteiger partial charge in [0.05, 0.1) is 17.4 Å². The first kappa shape index (κ1) is 27.6. The molecule has 1 saturated carbocycles. The zero-order valence-corrected chi connectivity index (χ0v) is 22.7. The van der Waals surface area contributed by atoms with Gasteiger partial charge in [-0.05, 0) is 107 Å². The number of carbonyl (C=O) groups excluding carboxylic acids is 2. The van der Waals surface area contributed by atoms with E-state index in [1.54, 1.807) is 42.1 Å². The summed E-state index contributed by atoms with van der Waals surface area (Å²) < 4.78 is 15.3. The van der Waals surface area contributed by atoms with Crippen LogP contribution in [-0.2, 0) is 4.79 Å². The van der Waals surface area contributed by atoms with Gasteiger partial charge in [-0.2, -0.15) is 5.26 Å². The second-order valence-electron chi connectivity index (χ2n) is 10.0. The van der Waals surface area contributed by atoms with Crippen LogP contribution in [0.5, 0.6) is 0 Å². The Kier molecular flexibility index (Phi) is 8.69. The van der Waals surface area contributed by atoms with Crippen LogP contribution in [0.15, 0.2) is 30.5 Å². The average Bonchev–Trinajstić information content (AvgIpc) is 3.41. The summed E-state index contributed by atoms with van der Waals surface area (Å²) >= 11 is 5.82. The molecule has 4 rings (SSSR count). The van der Waals surface area contributed by atoms with Gasteiger partial charge >= 0.3 is 0 Å². The molecule has 10 heteroatoms. The number of benzene rings is 1. The van der Waals surface area contributed by atoms with Crippen LogP contribution < -0.4 is 15.1 Å². The minimum Gasteiger partial charge on any atom is -0.352 e. The Labute approximate surface area is 228 Å². The topological polar surface area (TPSA) is 92.6 Å². The van der Waals surface area contributed by atoms with Crippen molar-refractivity contribution in [3.05, 3.63) is 53.1 Å². The van der Waals surface area contributed by atoms with E-state index in [4.69, 9.17) is 12.2 Å². The summed E-state index contributed by atoms with van der Waals surface area (Å²) in [6.45, 7) is 5.38. The van der Waals surface area contributed by atoms with Gasteiger partial charge in [0.2, 0.25) is 0 Å². The molecule has 1 amide bonds. The predicted octanol–water partition coefficient (Wildman–Crippen LogP) is 3.97. The average molecular weight is 537 g/mol. The Morgan fingerprint density at radius 1 is 1.26 bits per heavy atom. The van der Waals surface area contributed by atoms with Crippen molar-refractivity contribution in [3.63, 3.8) is 0 Å². The number of rotatable bonds is 9. The summed E-state index contributed by atoms with van der Waals surface area (Å²) in [5, 5.41) is 12.3. The van der Waals surface area contributed by atoms with Gasteiger partial charge in [0, 0.05) is 19.3 Å². The summed E-state index contributed by atoms with van der Waals surface area (Å²) in [6.07, 6.45) is 7.67. The number of anilines is 2. The number of halogens is 1. The summed E-state index contributed by atoms with van der Waals surface area (Å²) in [7, 11) is 1.75. The molecule has 0 atom stereocenters. The molecule has 1 N–H and O–H groups in total. The molecule has 2 fully saturated rings. The second kappa shape index (κ2) is 12.0. The van der Waals surface area contributed by atoms with Crippen molar-refractivity contribution >= 4 is 40.9 Å². The van der Waals surface area contributed by atoms with Crippen molar-refractivity contribution in [2.75, 3.05) is 43.0 Å². The molecule has 0 spiro atoms. The molecule has 2 aliphatic rings. The smallest absolute Gasteiger partial charge is 0.254 e. The van der Waals surface area contributed by atoms with Crippen LogP contribution in [-0.4, -0.2) is 66.0 Å². The maximum Gasteiger partial charge on any atom is 0.254 e. The van der Waals surface area contributed by atoms with Crippen molar-refractivity contribution in [3.8, 4) is 6.07 Å². The lowest BCUT2D eigenvalue weighted by Gasteiger charge is -2.48. The molecule has 2 aromatic rings. The first-order valence-corrected chi connectivity index (χ1v) is 13.4. The van der Waals surface area contributed by atoms with Gasteiger partial charge in [-0.15, -0.1) is 0 Å². The molecule has 200 valence electrons. The van der Waals surface area contributed by atoms with Gasteiger partial charge < -0.3 is 24.8 Å². The number of nitrogens with one attached hydrogen (secondary N) is 1. The molecule has 0 unspecified atom stereocenters. The Morgan fingerprint density at radius 3 is 2.58 bits per heavy atom. The quantitative estimate of drug-likeness (QED) is 0.293. The highest BCUT2D eigenvalue weighted by Crippen LogP contribution is 2.40. The molecule has 1 aliphatic heterocycles. The first-order chi connectivity index (χ1) is 18.3. The normalized spacial score (nSPS) is 16.3. The number of amides is 1. The fourth-order valence-electron chi connectivity index (χ4n) is 5.05. The third kappa shape index (κ3) is 5.69. The summed E-state index contributed by atoms with van der Waals surface area (Å²) in [5.74, 6) is -1.14. The molecular formula is C28H33FN6O2S. The second-order valence-corrected chi connectivity index (χ2v) is 10.4. The van der Waals surface area contributed by atoms with Crippen molar-refractivity contribution in [1.82, 2.24) is 15.2 Å². The van der Waals surface area contributed by atoms with Gasteiger partial charge in [-0.3, -0.25) is 4.79 Å². The number of nitriles is 1. The van der Waals surface area contributed by atoms with E-state index in [-0.39, 0.29) is 5.56 Å². The molecular weight excluding hydrogens is 503 g/mol. The Morgan fingerprint density at radius 2 is 2.00 bits per heavy atom. The summed E-state index contributed by atoms with van der Waals surface area (Å²) in [5.41, 5.74) is 1.11. The van der Waals surface area contributed by atoms with Crippen LogP contribution in [0, 0.1) is 24.1 Å². The number of pyridine rings is 1. The minimum absolute atomic E-state index is 0.0465. The molecule has 0 bridgehead atoms. The van der Waals surface area contributed by atoms with E-state index in [1.807, 2.05) is 6.07 Å². The molecule has 0 radical (unpaired) electrons. The number of aromatic nitrogens is 1. The zero-order chi connectivity index (χ0) is 27.3. The van der Waals surface area contributed by atoms with Crippen LogP contribution in [0.1, 0.15) is 60.1 Å². The number of carbonyl (C=O) groups is 2. The van der Waals surface area contributed by atoms with Gasteiger partial charge in [-0.1, -0.05) is 0 Å². The molecule has 1 saturated heterocycles. The van der Waals surface area contributed by atoms with E-state index in [2.05, 4.69) is 15.2 Å². The van der Waals surface area contributed by atoms with E-state index in [0.29, 0.717) is 47.1 Å². The monoisotopic (exact) mass is 536 g/mol. The third-order valence-corrected chi connectivity index (χ3v) is 7.97. The fraction of sp³-hybridized carbons (Fsp3) is 0.464. The molecule has 1 aliphatic carbocycles. The number of thiocarbonyl (C=S) groups is 1. The van der Waals surface area contributed by atoms with Crippen molar-refractivity contribution in [2.45, 2.75) is 51.0 Å². The van der Waals surface area contributed by atoms with E-state index in [0.717, 1.165) is 38.8 Å². The zero-order valence-electron chi connectivity index (χ0n) is 21.9. The molecule has 8 nitrogen and oxygen atoms in total. The highest BCUT2D eigenvalue weighted by Gasteiger charge is 2.45. The Bertz CT molecular complexity index is 1250. The summed E-state index contributed by atoms with van der Waals surface area (Å²) in [4.78, 5) is 34.9. The predicted molar refractivity (Wildman–Crippen MR) is 149 cm³/mol. The van der Waals surface area contributed by atoms with Gasteiger partial charge in [-0.25, -0.2) is 9.37 Å². The van der Waals surface area contributed by atoms with Gasteiger partial charge in [0.15, 0.2) is 5.11 Å². The SMILES string of the molecule is Cc1cc(N(C)C(=S)N(c2ccc(C(=O)NCCCN3CCCC3)c(F)c2)C2(C=O)CCC2)cnc1C#N. The Hall–Kier alpha value is -3.42. The number of hydrogen-bond donors (Lipinski definition) is 1. The third-order valence-electron chi connectivity index (χ3n) is 7.51. The number of aldehydes is 1. The van der Waals surface area contributed by atoms with Crippen LogP contribution in [0.4, 0.5) is 15.8 Å². The van der Waals surface area contributed by atoms with E-state index < -0.39 is 17.3 Å². The first-order valence-electron chi connectivity index (χ1n) is 13.0. The highest BCUT2D eigenvalue weighted by atomic mass is 32.1. The lowest BCUT2D eigenvalue weighted by atomic mass is 9.76. The van der Waals surface area contributed by atoms with E-state index >= 15 is 4.39 Å². The Balaban J connectivity index is 1.53. The molecule has 1 aromatic heterocycles. The summed E-state index contributed by atoms with van der Waals surface area (Å²) in [6, 6.07) is 8.19. The highest BCUT2D eigenvalue weighted by molar-refractivity contribution is 7.80. The maximum atomic E-state index is 15.3. The standard InChI is InChI=1S/C28H33FN6O2S/c1-20-15-22(18-32-25(20)17-30)33(2)27(38)35(28(19-36)9-5-10-28)21-7-8-23(24(29)16-21)26(37)31-11-6-14-34-12-3-4-13-34/h7-8,15-16,18-19H,3-6,9-14H2,1-2H3,(H,31,37). The van der Waals surface area contributed by atoms with E-state index in [9.17, 15) is 14.9 Å². The lowest BCUT2D eigenvalue weighted by molar-refractivity contribution is -0.114. The number of nitrogens with zero attached hydrogens (tertiary/aromatic N) is 5. The van der Waals surface area contributed by atoms with Crippen molar-refractivity contribution in [2.24, 2.45) is 0 Å². The fourth-order valence-corrected chi connectivity index (χ4v) is 5.44. The number of likely N-dealkylation sites (tertiary alicyclic amines) is 1. The van der Waals surface area contributed by atoms with Gasteiger partial charge in [0.1, 0.15) is 29.4 Å². The number of aryl methyl sites for hydroxylation is 1. The number of hydrogen-bond acceptors (Lipinski definition) is 6.